The van der Waals surface area contributed by atoms with E-state index in [0.29, 0.717) is 47.0 Å². The molecule has 4 heterocycles. The Balaban J connectivity index is 1.70. The second-order valence-corrected chi connectivity index (χ2v) is 12.6. The van der Waals surface area contributed by atoms with Crippen molar-refractivity contribution in [3.63, 3.8) is 0 Å². The van der Waals surface area contributed by atoms with Crippen LogP contribution in [0, 0.1) is 0 Å². The van der Waals surface area contributed by atoms with Crippen molar-refractivity contribution in [3.05, 3.63) is 47.4 Å². The van der Waals surface area contributed by atoms with E-state index < -0.39 is 15.4 Å². The van der Waals surface area contributed by atoms with Crippen LogP contribution in [0.25, 0.3) is 10.8 Å². The fourth-order valence-electron chi connectivity index (χ4n) is 4.30. The van der Waals surface area contributed by atoms with Crippen molar-refractivity contribution in [1.29, 1.82) is 0 Å². The summed E-state index contributed by atoms with van der Waals surface area (Å²) in [6.07, 6.45) is 4.97. The first-order valence-corrected chi connectivity index (χ1v) is 14.8. The molecule has 0 bridgehead atoms. The summed E-state index contributed by atoms with van der Waals surface area (Å²) in [5.41, 5.74) is 7.96. The zero-order valence-corrected chi connectivity index (χ0v) is 23.4. The Hall–Kier alpha value is -3.31. The standard InChI is InChI=1S/C27H35N5O5S/c1-7-27(5,28)21-14-30-25(36-15(2)10-11-38(6,34)35)20-13-29-23(12-19(20)21)31-22-9-8-18-24(32-22)16(3)17(4)37-26(18)33/h8-9,12-17H,7,10-11,28H2,1-6H3,(H,29,31,32)/t15-,16-,17-,27+/m0/s1. The molecular formula is C27H35N5O5S. The minimum absolute atomic E-state index is 0.0239. The number of sulfone groups is 1. The molecule has 3 aromatic rings. The first-order valence-electron chi connectivity index (χ1n) is 12.7. The van der Waals surface area contributed by atoms with Gasteiger partial charge in [-0.3, -0.25) is 0 Å². The summed E-state index contributed by atoms with van der Waals surface area (Å²) in [6, 6.07) is 5.31. The van der Waals surface area contributed by atoms with Gasteiger partial charge >= 0.3 is 5.97 Å². The van der Waals surface area contributed by atoms with Gasteiger partial charge in [0.2, 0.25) is 5.88 Å². The summed E-state index contributed by atoms with van der Waals surface area (Å²) < 4.78 is 34.6. The van der Waals surface area contributed by atoms with E-state index in [1.165, 1.54) is 6.26 Å². The molecule has 3 N–H and O–H groups in total. The van der Waals surface area contributed by atoms with Gasteiger partial charge in [-0.05, 0) is 62.8 Å². The third-order valence-electron chi connectivity index (χ3n) is 7.12. The van der Waals surface area contributed by atoms with E-state index in [0.717, 1.165) is 10.9 Å². The smallest absolute Gasteiger partial charge is 0.340 e. The van der Waals surface area contributed by atoms with Crippen LogP contribution in [0.2, 0.25) is 0 Å². The number of nitrogens with one attached hydrogen (secondary N) is 1. The second-order valence-electron chi connectivity index (χ2n) is 10.4. The Bertz CT molecular complexity index is 1470. The molecule has 10 nitrogen and oxygen atoms in total. The number of rotatable bonds is 9. The third kappa shape index (κ3) is 5.88. The molecular weight excluding hydrogens is 506 g/mol. The number of nitrogens with two attached hydrogens (primary N) is 1. The van der Waals surface area contributed by atoms with Crippen LogP contribution in [0.15, 0.2) is 30.6 Å². The Labute approximate surface area is 223 Å². The number of esters is 1. The number of aromatic nitrogens is 3. The highest BCUT2D eigenvalue weighted by atomic mass is 32.2. The van der Waals surface area contributed by atoms with E-state index in [1.54, 1.807) is 24.5 Å². The lowest BCUT2D eigenvalue weighted by Gasteiger charge is -2.27. The van der Waals surface area contributed by atoms with E-state index in [9.17, 15) is 13.2 Å². The van der Waals surface area contributed by atoms with Gasteiger partial charge in [0.15, 0.2) is 0 Å². The van der Waals surface area contributed by atoms with Gasteiger partial charge in [0.1, 0.15) is 27.6 Å². The van der Waals surface area contributed by atoms with Crippen LogP contribution in [0.3, 0.4) is 0 Å². The van der Waals surface area contributed by atoms with Gasteiger partial charge in [-0.15, -0.1) is 0 Å². The first-order chi connectivity index (χ1) is 17.8. The van der Waals surface area contributed by atoms with Gasteiger partial charge < -0.3 is 20.5 Å². The minimum Gasteiger partial charge on any atom is -0.474 e. The predicted molar refractivity (Wildman–Crippen MR) is 147 cm³/mol. The molecule has 0 aromatic carbocycles. The number of pyridine rings is 3. The van der Waals surface area contributed by atoms with E-state index >= 15 is 0 Å². The molecule has 0 unspecified atom stereocenters. The van der Waals surface area contributed by atoms with Gasteiger partial charge in [0, 0.05) is 30.1 Å². The van der Waals surface area contributed by atoms with Gasteiger partial charge in [-0.1, -0.05) is 13.8 Å². The maximum Gasteiger partial charge on any atom is 0.340 e. The van der Waals surface area contributed by atoms with Crippen molar-refractivity contribution in [2.75, 3.05) is 17.3 Å². The molecule has 4 rings (SSSR count). The lowest BCUT2D eigenvalue weighted by molar-refractivity contribution is 0.0235. The Kier molecular flexibility index (Phi) is 7.62. The summed E-state index contributed by atoms with van der Waals surface area (Å²) >= 11 is 0. The predicted octanol–water partition coefficient (Wildman–Crippen LogP) is 4.22. The number of hydrogen-bond donors (Lipinski definition) is 2. The molecule has 0 fully saturated rings. The van der Waals surface area contributed by atoms with Crippen LogP contribution < -0.4 is 15.8 Å². The van der Waals surface area contributed by atoms with Crippen LogP contribution in [-0.4, -0.2) is 53.6 Å². The fourth-order valence-corrected chi connectivity index (χ4v) is 5.06. The molecule has 0 radical (unpaired) electrons. The SMILES string of the molecule is CC[C@@](C)(N)c1cnc(O[C@@H](C)CCS(C)(=O)=O)c2cnc(Nc3ccc4c(n3)[C@@H](C)[C@H](C)OC4=O)cc12. The zero-order valence-electron chi connectivity index (χ0n) is 22.6. The van der Waals surface area contributed by atoms with Crippen LogP contribution in [0.5, 0.6) is 5.88 Å². The Morgan fingerprint density at radius 2 is 1.92 bits per heavy atom. The number of hydrogen-bond acceptors (Lipinski definition) is 10. The number of fused-ring (bicyclic) bond motifs is 2. The van der Waals surface area contributed by atoms with Crippen LogP contribution >= 0.6 is 0 Å². The second kappa shape index (κ2) is 10.5. The van der Waals surface area contributed by atoms with Crippen molar-refractivity contribution in [2.24, 2.45) is 5.73 Å². The lowest BCUT2D eigenvalue weighted by Crippen LogP contribution is -2.32. The lowest BCUT2D eigenvalue weighted by atomic mass is 9.88. The van der Waals surface area contributed by atoms with Gasteiger partial charge in [-0.25, -0.2) is 28.2 Å². The number of carbonyl (C=O) groups is 1. The number of cyclic esters (lactones) is 1. The highest BCUT2D eigenvalue weighted by Gasteiger charge is 2.31. The first kappa shape index (κ1) is 27.7. The molecule has 0 amide bonds. The van der Waals surface area contributed by atoms with E-state index in [-0.39, 0.29) is 29.8 Å². The Morgan fingerprint density at radius 3 is 2.61 bits per heavy atom. The summed E-state index contributed by atoms with van der Waals surface area (Å²) in [7, 11) is -3.10. The normalized spacial score (nSPS) is 19.8. The van der Waals surface area contributed by atoms with E-state index in [2.05, 4.69) is 15.3 Å². The van der Waals surface area contributed by atoms with Crippen molar-refractivity contribution in [2.45, 2.75) is 71.1 Å². The average molecular weight is 542 g/mol. The summed E-state index contributed by atoms with van der Waals surface area (Å²) in [5.74, 6) is 1.07. The molecule has 4 atom stereocenters. The molecule has 3 aromatic heterocycles. The summed E-state index contributed by atoms with van der Waals surface area (Å²) in [6.45, 7) is 9.60. The number of anilines is 2. The summed E-state index contributed by atoms with van der Waals surface area (Å²) in [5, 5.41) is 4.74. The van der Waals surface area contributed by atoms with Gasteiger partial charge in [0.05, 0.1) is 28.5 Å². The molecule has 0 spiro atoms. The zero-order chi connectivity index (χ0) is 27.8. The van der Waals surface area contributed by atoms with Crippen molar-refractivity contribution in [1.82, 2.24) is 15.0 Å². The van der Waals surface area contributed by atoms with Crippen molar-refractivity contribution in [3.8, 4) is 5.88 Å². The van der Waals surface area contributed by atoms with Crippen LogP contribution in [-0.2, 0) is 20.1 Å². The van der Waals surface area contributed by atoms with E-state index in [4.69, 9.17) is 20.2 Å². The molecule has 0 saturated heterocycles. The fraction of sp³-hybridized carbons (Fsp3) is 0.481. The highest BCUT2D eigenvalue weighted by Crippen LogP contribution is 2.35. The molecule has 0 aliphatic carbocycles. The van der Waals surface area contributed by atoms with Gasteiger partial charge in [-0.2, -0.15) is 0 Å². The molecule has 0 saturated carbocycles. The molecule has 1 aliphatic heterocycles. The quantitative estimate of drug-likeness (QED) is 0.377. The van der Waals surface area contributed by atoms with Crippen molar-refractivity contribution < 1.29 is 22.7 Å². The minimum atomic E-state index is -3.10. The maximum absolute atomic E-state index is 12.3. The van der Waals surface area contributed by atoms with Crippen LogP contribution in [0.1, 0.15) is 75.0 Å². The number of carbonyl (C=O) groups excluding carboxylic acids is 1. The largest absolute Gasteiger partial charge is 0.474 e. The topological polar surface area (TPSA) is 146 Å². The average Bonchev–Trinajstić information content (AvgIpc) is 2.85. The maximum atomic E-state index is 12.3. The molecule has 11 heteroatoms. The number of ether oxygens (including phenoxy) is 2. The Morgan fingerprint density at radius 1 is 1.18 bits per heavy atom. The highest BCUT2D eigenvalue weighted by molar-refractivity contribution is 7.90. The summed E-state index contributed by atoms with van der Waals surface area (Å²) in [4.78, 5) is 26.0. The monoisotopic (exact) mass is 541 g/mol. The number of nitrogens with zero attached hydrogens (tertiary/aromatic N) is 3. The van der Waals surface area contributed by atoms with Crippen molar-refractivity contribution >= 4 is 38.2 Å². The molecule has 204 valence electrons. The molecule has 38 heavy (non-hydrogen) atoms. The third-order valence-corrected chi connectivity index (χ3v) is 8.10. The molecule has 1 aliphatic rings. The van der Waals surface area contributed by atoms with Crippen LogP contribution in [0.4, 0.5) is 11.6 Å². The van der Waals surface area contributed by atoms with E-state index in [1.807, 2.05) is 40.7 Å². The van der Waals surface area contributed by atoms with Gasteiger partial charge in [0.25, 0.3) is 0 Å².